The van der Waals surface area contributed by atoms with Crippen LogP contribution in [-0.4, -0.2) is 67.1 Å². The summed E-state index contributed by atoms with van der Waals surface area (Å²) in [5.41, 5.74) is 6.85. The van der Waals surface area contributed by atoms with E-state index in [4.69, 9.17) is 21.5 Å². The molecule has 0 spiro atoms. The molecule has 1 fully saturated rings. The lowest BCUT2D eigenvalue weighted by Gasteiger charge is -2.51. The van der Waals surface area contributed by atoms with E-state index in [0.29, 0.717) is 9.50 Å². The van der Waals surface area contributed by atoms with Gasteiger partial charge in [0.2, 0.25) is 0 Å². The van der Waals surface area contributed by atoms with Crippen molar-refractivity contribution in [1.29, 1.82) is 0 Å². The number of amides is 2. The standard InChI is InChI=1S/C25H31BrClN3O6S/c1-15-5-7-16(8-6-15)37(34,35)36-12-9-21-22(25(2,3)4)30(24(32)33)11-10-29(21)23(31)17-13-19(27)18(26)14-20(17)28/h5-8,13-14,21-22H,9-12,28H2,1-4H3,(H,32,33)/t21-,22?/m0/s1. The summed E-state index contributed by atoms with van der Waals surface area (Å²) in [6, 6.07) is 7.95. The first-order valence-electron chi connectivity index (χ1n) is 11.6. The van der Waals surface area contributed by atoms with Crippen molar-refractivity contribution in [3.05, 3.63) is 57.0 Å². The van der Waals surface area contributed by atoms with Gasteiger partial charge in [-0.25, -0.2) is 4.79 Å². The molecule has 3 N–H and O–H groups in total. The van der Waals surface area contributed by atoms with Gasteiger partial charge in [0.1, 0.15) is 0 Å². The molecule has 1 aliphatic heterocycles. The largest absolute Gasteiger partial charge is 0.465 e. The van der Waals surface area contributed by atoms with Crippen LogP contribution >= 0.6 is 27.5 Å². The zero-order chi connectivity index (χ0) is 27.7. The SMILES string of the molecule is Cc1ccc(S(=O)(=O)OCC[C@H]2C(C(C)(C)C)N(C(=O)O)CCN2C(=O)c2cc(Cl)c(Br)cc2N)cc1. The Morgan fingerprint density at radius 2 is 1.76 bits per heavy atom. The Hall–Kier alpha value is -2.34. The summed E-state index contributed by atoms with van der Waals surface area (Å²) in [6.45, 7) is 7.42. The van der Waals surface area contributed by atoms with Gasteiger partial charge >= 0.3 is 6.09 Å². The van der Waals surface area contributed by atoms with E-state index >= 15 is 0 Å². The molecule has 2 atom stereocenters. The molecule has 1 aliphatic rings. The number of piperazine rings is 1. The van der Waals surface area contributed by atoms with E-state index in [9.17, 15) is 23.1 Å². The van der Waals surface area contributed by atoms with Crippen molar-refractivity contribution in [1.82, 2.24) is 9.80 Å². The first-order valence-corrected chi connectivity index (χ1v) is 14.2. The molecule has 1 unspecified atom stereocenters. The average molecular weight is 617 g/mol. The van der Waals surface area contributed by atoms with Crippen LogP contribution in [0, 0.1) is 12.3 Å². The number of hydrogen-bond acceptors (Lipinski definition) is 6. The molecule has 3 rings (SSSR count). The number of aryl methyl sites for hydroxylation is 1. The summed E-state index contributed by atoms with van der Waals surface area (Å²) in [4.78, 5) is 28.7. The number of halogens is 2. The third kappa shape index (κ3) is 6.57. The number of benzene rings is 2. The predicted octanol–water partition coefficient (Wildman–Crippen LogP) is 5.01. The molecule has 0 bridgehead atoms. The van der Waals surface area contributed by atoms with Crippen LogP contribution in [0.25, 0.3) is 0 Å². The maximum Gasteiger partial charge on any atom is 0.407 e. The van der Waals surface area contributed by atoms with Crippen molar-refractivity contribution in [2.24, 2.45) is 5.41 Å². The maximum atomic E-state index is 13.7. The fourth-order valence-electron chi connectivity index (χ4n) is 4.68. The minimum absolute atomic E-state index is 0.0199. The second-order valence-corrected chi connectivity index (χ2v) is 13.0. The van der Waals surface area contributed by atoms with E-state index in [-0.39, 0.29) is 42.3 Å². The topological polar surface area (TPSA) is 130 Å². The van der Waals surface area contributed by atoms with Crippen molar-refractivity contribution < 1.29 is 27.3 Å². The first kappa shape index (κ1) is 29.2. The molecule has 0 aromatic heterocycles. The molecule has 1 heterocycles. The van der Waals surface area contributed by atoms with Gasteiger partial charge in [0.05, 0.1) is 34.2 Å². The van der Waals surface area contributed by atoms with Crippen LogP contribution in [0.5, 0.6) is 0 Å². The summed E-state index contributed by atoms with van der Waals surface area (Å²) in [5, 5.41) is 10.2. The number of hydrogen-bond donors (Lipinski definition) is 2. The van der Waals surface area contributed by atoms with Gasteiger partial charge in [-0.1, -0.05) is 50.1 Å². The summed E-state index contributed by atoms with van der Waals surface area (Å²) >= 11 is 9.52. The Kier molecular flexibility index (Phi) is 8.83. The fourth-order valence-corrected chi connectivity index (χ4v) is 6.12. The number of carboxylic acid groups (broad SMARTS) is 1. The van der Waals surface area contributed by atoms with E-state index in [1.165, 1.54) is 29.2 Å². The highest BCUT2D eigenvalue weighted by Crippen LogP contribution is 2.36. The molecule has 0 aliphatic carbocycles. The summed E-state index contributed by atoms with van der Waals surface area (Å²) in [6.07, 6.45) is -1.04. The molecule has 0 saturated carbocycles. The third-order valence-electron chi connectivity index (χ3n) is 6.36. The molecule has 1 saturated heterocycles. The van der Waals surface area contributed by atoms with Crippen LogP contribution < -0.4 is 5.73 Å². The van der Waals surface area contributed by atoms with Crippen molar-refractivity contribution in [2.45, 2.75) is 51.1 Å². The fraction of sp³-hybridized carbons (Fsp3) is 0.440. The minimum Gasteiger partial charge on any atom is -0.465 e. The number of anilines is 1. The van der Waals surface area contributed by atoms with Gasteiger partial charge in [-0.3, -0.25) is 8.98 Å². The van der Waals surface area contributed by atoms with E-state index in [1.54, 1.807) is 17.0 Å². The van der Waals surface area contributed by atoms with Gasteiger partial charge in [0.15, 0.2) is 0 Å². The molecule has 202 valence electrons. The highest BCUT2D eigenvalue weighted by Gasteiger charge is 2.46. The summed E-state index contributed by atoms with van der Waals surface area (Å²) in [7, 11) is -4.04. The normalized spacial score (nSPS) is 18.6. The van der Waals surface area contributed by atoms with Crippen molar-refractivity contribution in [3.63, 3.8) is 0 Å². The smallest absolute Gasteiger partial charge is 0.407 e. The van der Waals surface area contributed by atoms with Crippen molar-refractivity contribution in [2.75, 3.05) is 25.4 Å². The molecule has 0 radical (unpaired) electrons. The van der Waals surface area contributed by atoms with E-state index < -0.39 is 39.6 Å². The molecule has 12 heteroatoms. The molecule has 2 amide bonds. The lowest BCUT2D eigenvalue weighted by Crippen LogP contribution is -2.66. The number of nitrogens with zero attached hydrogens (tertiary/aromatic N) is 2. The predicted molar refractivity (Wildman–Crippen MR) is 145 cm³/mol. The second kappa shape index (κ2) is 11.2. The quantitative estimate of drug-likeness (QED) is 0.345. The molecule has 9 nitrogen and oxygen atoms in total. The highest BCUT2D eigenvalue weighted by atomic mass is 79.9. The minimum atomic E-state index is -4.04. The third-order valence-corrected chi connectivity index (χ3v) is 8.88. The monoisotopic (exact) mass is 615 g/mol. The lowest BCUT2D eigenvalue weighted by atomic mass is 9.78. The van der Waals surface area contributed by atoms with Gasteiger partial charge in [-0.05, 0) is 59.0 Å². The van der Waals surface area contributed by atoms with E-state index in [2.05, 4.69) is 15.9 Å². The lowest BCUT2D eigenvalue weighted by molar-refractivity contribution is -0.0200. The molecular formula is C25H31BrClN3O6S. The number of carbonyl (C=O) groups excluding carboxylic acids is 1. The average Bonchev–Trinajstić information content (AvgIpc) is 2.80. The zero-order valence-electron chi connectivity index (χ0n) is 21.1. The van der Waals surface area contributed by atoms with Crippen LogP contribution in [-0.2, 0) is 14.3 Å². The van der Waals surface area contributed by atoms with Gasteiger partial charge < -0.3 is 20.6 Å². The number of carbonyl (C=O) groups is 2. The number of nitrogen functional groups attached to an aromatic ring is 1. The Bertz CT molecular complexity index is 1280. The summed E-state index contributed by atoms with van der Waals surface area (Å²) < 4.78 is 31.4. The number of rotatable bonds is 6. The second-order valence-electron chi connectivity index (χ2n) is 10.1. The van der Waals surface area contributed by atoms with Crippen molar-refractivity contribution in [3.8, 4) is 0 Å². The van der Waals surface area contributed by atoms with Gasteiger partial charge in [0, 0.05) is 23.2 Å². The molecular weight excluding hydrogens is 586 g/mol. The molecule has 37 heavy (non-hydrogen) atoms. The molecule has 2 aromatic carbocycles. The van der Waals surface area contributed by atoms with Crippen LogP contribution in [0.15, 0.2) is 45.8 Å². The highest BCUT2D eigenvalue weighted by molar-refractivity contribution is 9.10. The van der Waals surface area contributed by atoms with Gasteiger partial charge in [-0.2, -0.15) is 8.42 Å². The Morgan fingerprint density at radius 3 is 2.32 bits per heavy atom. The van der Waals surface area contributed by atoms with Crippen LogP contribution in [0.1, 0.15) is 43.1 Å². The zero-order valence-corrected chi connectivity index (χ0v) is 24.2. The summed E-state index contributed by atoms with van der Waals surface area (Å²) in [5.74, 6) is -0.419. The molecule has 2 aromatic rings. The Labute approximate surface area is 230 Å². The van der Waals surface area contributed by atoms with Crippen LogP contribution in [0.3, 0.4) is 0 Å². The van der Waals surface area contributed by atoms with Crippen LogP contribution in [0.2, 0.25) is 5.02 Å². The van der Waals surface area contributed by atoms with Crippen molar-refractivity contribution >= 4 is 55.3 Å². The van der Waals surface area contributed by atoms with Gasteiger partial charge in [-0.15, -0.1) is 0 Å². The van der Waals surface area contributed by atoms with E-state index in [0.717, 1.165) is 5.56 Å². The first-order chi connectivity index (χ1) is 17.1. The number of nitrogens with two attached hydrogens (primary N) is 1. The Morgan fingerprint density at radius 1 is 1.16 bits per heavy atom. The van der Waals surface area contributed by atoms with E-state index in [1.807, 2.05) is 27.7 Å². The Balaban J connectivity index is 1.95. The van der Waals surface area contributed by atoms with Crippen LogP contribution in [0.4, 0.5) is 10.5 Å². The maximum absolute atomic E-state index is 13.7. The van der Waals surface area contributed by atoms with Gasteiger partial charge in [0.25, 0.3) is 16.0 Å².